The molecule has 2 bridgehead atoms. The predicted octanol–water partition coefficient (Wildman–Crippen LogP) is 4.94. The molecule has 0 saturated carbocycles. The van der Waals surface area contributed by atoms with Gasteiger partial charge in [0.25, 0.3) is 0 Å². The van der Waals surface area contributed by atoms with Crippen molar-refractivity contribution >= 4 is 51.5 Å². The first kappa shape index (κ1) is 26.3. The fraction of sp³-hybridized carbons (Fsp3) is 0.400. The third kappa shape index (κ3) is 4.82. The van der Waals surface area contributed by atoms with Gasteiger partial charge in [0.2, 0.25) is 5.88 Å². The monoisotopic (exact) mass is 637 g/mol. The smallest absolute Gasteiger partial charge is 0.220 e. The van der Waals surface area contributed by atoms with Gasteiger partial charge < -0.3 is 9.47 Å². The molecule has 9 nitrogen and oxygen atoms in total. The number of hydrogen-bond acceptors (Lipinski definition) is 6. The second-order valence-corrected chi connectivity index (χ2v) is 11.5. The molecule has 0 amide bonds. The lowest BCUT2D eigenvalue weighted by Crippen LogP contribution is -2.32. The van der Waals surface area contributed by atoms with E-state index in [1.165, 1.54) is 0 Å². The molecule has 0 saturated heterocycles. The Morgan fingerprint density at radius 2 is 1.95 bits per heavy atom. The molecule has 0 spiro atoms. The summed E-state index contributed by atoms with van der Waals surface area (Å²) in [5.74, 6) is 0.247. The third-order valence-electron chi connectivity index (χ3n) is 6.58. The highest BCUT2D eigenvalue weighted by molar-refractivity contribution is 14.2. The van der Waals surface area contributed by atoms with Crippen molar-refractivity contribution in [1.82, 2.24) is 34.0 Å². The fourth-order valence-corrected chi connectivity index (χ4v) is 6.56. The molecule has 0 fully saturated rings. The minimum absolute atomic E-state index is 0.153. The predicted molar refractivity (Wildman–Crippen MR) is 154 cm³/mol. The average molecular weight is 637 g/mol. The first-order valence-electron chi connectivity index (χ1n) is 11.9. The number of fused-ring (bicyclic) bond motifs is 4. The molecule has 0 aliphatic carbocycles. The highest BCUT2D eigenvalue weighted by atomic mass is 127. The Morgan fingerprint density at radius 3 is 2.68 bits per heavy atom. The Bertz CT molecular complexity index is 1510. The summed E-state index contributed by atoms with van der Waals surface area (Å²) in [6.07, 6.45) is 4.11. The Labute approximate surface area is 229 Å². The number of halogens is 2. The first-order valence-corrected chi connectivity index (χ1v) is 16.0. The van der Waals surface area contributed by atoms with Crippen LogP contribution in [0.3, 0.4) is 0 Å². The van der Waals surface area contributed by atoms with Gasteiger partial charge in [0.15, 0.2) is 0 Å². The van der Waals surface area contributed by atoms with Crippen molar-refractivity contribution in [2.24, 2.45) is 14.1 Å². The SMILES string of the molecule is COCc1nn(C)c2c1-c1cc(F)c3c(c1)c(nn3PI)/C=C/c1c(C)nn(C)c1CN(C)CC(C)O2. The minimum atomic E-state index is -0.336. The molecule has 2 unspecified atom stereocenters. The normalized spacial score (nSPS) is 17.7. The van der Waals surface area contributed by atoms with E-state index in [1.54, 1.807) is 22.3 Å². The second-order valence-electron chi connectivity index (χ2n) is 9.45. The maximum atomic E-state index is 15.7. The molecule has 0 N–H and O–H groups in total. The number of aromatic nitrogens is 6. The largest absolute Gasteiger partial charge is 0.473 e. The van der Waals surface area contributed by atoms with Crippen molar-refractivity contribution in [3.63, 3.8) is 0 Å². The van der Waals surface area contributed by atoms with Crippen molar-refractivity contribution in [2.75, 3.05) is 20.7 Å². The van der Waals surface area contributed by atoms with Gasteiger partial charge >= 0.3 is 0 Å². The van der Waals surface area contributed by atoms with Gasteiger partial charge in [-0.2, -0.15) is 15.3 Å². The van der Waals surface area contributed by atoms with Crippen LogP contribution in [0, 0.1) is 12.7 Å². The van der Waals surface area contributed by atoms with E-state index in [2.05, 4.69) is 44.2 Å². The van der Waals surface area contributed by atoms with Crippen LogP contribution in [0.2, 0.25) is 0 Å². The van der Waals surface area contributed by atoms with Gasteiger partial charge in [-0.05, 0) is 72.8 Å². The molecular weight excluding hydrogens is 607 g/mol. The summed E-state index contributed by atoms with van der Waals surface area (Å²) in [6.45, 7) is 5.69. The molecule has 4 aromatic rings. The summed E-state index contributed by atoms with van der Waals surface area (Å²) >= 11 is 2.23. The van der Waals surface area contributed by atoms with Gasteiger partial charge in [-0.1, -0.05) is 0 Å². The van der Waals surface area contributed by atoms with Crippen LogP contribution in [0.5, 0.6) is 5.88 Å². The van der Waals surface area contributed by atoms with Crippen LogP contribution in [0.4, 0.5) is 4.39 Å². The molecular formula is C25H30FIN7O2P. The quantitative estimate of drug-likeness (QED) is 0.234. The topological polar surface area (TPSA) is 75.2 Å². The molecule has 1 aromatic carbocycles. The van der Waals surface area contributed by atoms with E-state index in [0.29, 0.717) is 41.4 Å². The zero-order valence-corrected chi connectivity index (χ0v) is 24.9. The van der Waals surface area contributed by atoms with Crippen LogP contribution in [-0.2, 0) is 32.0 Å². The number of hydrogen-bond donors (Lipinski definition) is 0. The number of benzene rings is 1. The molecule has 1 aliphatic heterocycles. The molecule has 12 heteroatoms. The van der Waals surface area contributed by atoms with Crippen LogP contribution >= 0.6 is 28.4 Å². The summed E-state index contributed by atoms with van der Waals surface area (Å²) in [7, 11) is 7.49. The average Bonchev–Trinajstić information content (AvgIpc) is 3.43. The lowest BCUT2D eigenvalue weighted by molar-refractivity contribution is 0.147. The number of methoxy groups -OCH3 is 1. The van der Waals surface area contributed by atoms with E-state index >= 15 is 4.39 Å². The number of aryl methyl sites for hydroxylation is 3. The fourth-order valence-electron chi connectivity index (χ4n) is 5.05. The molecule has 196 valence electrons. The Kier molecular flexibility index (Phi) is 7.41. The minimum Gasteiger partial charge on any atom is -0.473 e. The van der Waals surface area contributed by atoms with E-state index < -0.39 is 0 Å². The molecule has 2 atom stereocenters. The van der Waals surface area contributed by atoms with Gasteiger partial charge in [-0.3, -0.25) is 9.58 Å². The third-order valence-corrected chi connectivity index (χ3v) is 8.43. The first-order chi connectivity index (χ1) is 17.7. The Morgan fingerprint density at radius 1 is 1.16 bits per heavy atom. The summed E-state index contributed by atoms with van der Waals surface area (Å²) in [6, 6.07) is 3.53. The number of nitrogens with zero attached hydrogens (tertiary/aromatic N) is 7. The van der Waals surface area contributed by atoms with E-state index in [9.17, 15) is 0 Å². The number of rotatable bonds is 3. The van der Waals surface area contributed by atoms with Crippen molar-refractivity contribution < 1.29 is 13.9 Å². The molecule has 4 heterocycles. The van der Waals surface area contributed by atoms with Crippen LogP contribution in [0.1, 0.15) is 35.3 Å². The summed E-state index contributed by atoms with van der Waals surface area (Å²) in [4.78, 5) is 2.22. The Balaban J connectivity index is 1.80. The van der Waals surface area contributed by atoms with Gasteiger partial charge in [0.05, 0.1) is 41.3 Å². The standard InChI is InChI=1S/C25H30FIN7O2P/c1-14-11-31(3)12-22-17(15(2)28-32(22)4)7-8-20-18-9-16(10-19(26)24(18)34(30-20)37-27)23-21(13-35-6)29-33(5)25(23)36-14/h7-10,14,37H,11-13H2,1-6H3/b8-7+. The summed E-state index contributed by atoms with van der Waals surface area (Å²) < 4.78 is 33.0. The maximum absolute atomic E-state index is 15.7. The lowest BCUT2D eigenvalue weighted by Gasteiger charge is -2.23. The maximum Gasteiger partial charge on any atom is 0.220 e. The van der Waals surface area contributed by atoms with Crippen molar-refractivity contribution in [3.8, 4) is 17.0 Å². The van der Waals surface area contributed by atoms with Crippen molar-refractivity contribution in [2.45, 2.75) is 33.1 Å². The van der Waals surface area contributed by atoms with Crippen LogP contribution in [-0.4, -0.2) is 60.8 Å². The van der Waals surface area contributed by atoms with Gasteiger partial charge in [0.1, 0.15) is 17.4 Å². The van der Waals surface area contributed by atoms with E-state index in [-0.39, 0.29) is 24.9 Å². The van der Waals surface area contributed by atoms with E-state index in [1.807, 2.05) is 50.8 Å². The molecule has 0 radical (unpaired) electrons. The van der Waals surface area contributed by atoms with Gasteiger partial charge in [-0.15, -0.1) is 0 Å². The lowest BCUT2D eigenvalue weighted by atomic mass is 10.0. The van der Waals surface area contributed by atoms with Crippen LogP contribution in [0.15, 0.2) is 12.1 Å². The summed E-state index contributed by atoms with van der Waals surface area (Å²) in [5.41, 5.74) is 6.36. The van der Waals surface area contributed by atoms with Gasteiger partial charge in [-0.25, -0.2) is 13.5 Å². The second kappa shape index (κ2) is 10.4. The van der Waals surface area contributed by atoms with Crippen LogP contribution < -0.4 is 4.74 Å². The number of likely N-dealkylation sites (N-methyl/N-ethyl adjacent to an activating group) is 1. The zero-order chi connectivity index (χ0) is 26.4. The number of ether oxygens (including phenoxy) is 2. The van der Waals surface area contributed by atoms with Gasteiger partial charge in [0, 0.05) is 45.2 Å². The summed E-state index contributed by atoms with van der Waals surface area (Å²) in [5, 5.41) is 14.8. The Hall–Kier alpha value is -2.34. The van der Waals surface area contributed by atoms with Crippen molar-refractivity contribution in [3.05, 3.63) is 46.3 Å². The van der Waals surface area contributed by atoms with E-state index in [0.717, 1.165) is 27.9 Å². The molecule has 37 heavy (non-hydrogen) atoms. The highest BCUT2D eigenvalue weighted by Crippen LogP contribution is 2.40. The van der Waals surface area contributed by atoms with E-state index in [4.69, 9.17) is 14.6 Å². The van der Waals surface area contributed by atoms with Crippen LogP contribution in [0.25, 0.3) is 34.2 Å². The molecule has 5 rings (SSSR count). The zero-order valence-electron chi connectivity index (χ0n) is 21.7. The highest BCUT2D eigenvalue weighted by Gasteiger charge is 2.25. The molecule has 3 aromatic heterocycles. The molecule has 1 aliphatic rings. The van der Waals surface area contributed by atoms with Crippen molar-refractivity contribution in [1.29, 1.82) is 0 Å².